The van der Waals surface area contributed by atoms with E-state index in [1.165, 1.54) is 0 Å². The first kappa shape index (κ1) is 28.9. The van der Waals surface area contributed by atoms with Gasteiger partial charge in [-0.15, -0.1) is 0 Å². The van der Waals surface area contributed by atoms with Gasteiger partial charge < -0.3 is 30.3 Å². The van der Waals surface area contributed by atoms with Crippen LogP contribution in [0.25, 0.3) is 0 Å². The van der Waals surface area contributed by atoms with Crippen LogP contribution in [0.2, 0.25) is 0 Å². The van der Waals surface area contributed by atoms with E-state index < -0.39 is 0 Å². The van der Waals surface area contributed by atoms with Crippen molar-refractivity contribution in [3.05, 3.63) is 0 Å². The van der Waals surface area contributed by atoms with E-state index in [-0.39, 0.29) is 53.5 Å². The Hall–Kier alpha value is -1.71. The highest BCUT2D eigenvalue weighted by Crippen LogP contribution is 2.36. The summed E-state index contributed by atoms with van der Waals surface area (Å²) in [7, 11) is 0. The van der Waals surface area contributed by atoms with E-state index in [0.29, 0.717) is 11.9 Å². The maximum Gasteiger partial charge on any atom is 0.323 e. The van der Waals surface area contributed by atoms with Gasteiger partial charge in [0.15, 0.2) is 0 Å². The van der Waals surface area contributed by atoms with Gasteiger partial charge in [0.2, 0.25) is 11.9 Å². The zero-order chi connectivity index (χ0) is 26.9. The molecule has 3 N–H and O–H groups in total. The zero-order valence-corrected chi connectivity index (χ0v) is 24.4. The van der Waals surface area contributed by atoms with Crippen molar-refractivity contribution in [1.82, 2.24) is 25.6 Å². The molecule has 1 aromatic rings. The van der Waals surface area contributed by atoms with Gasteiger partial charge >= 0.3 is 6.01 Å². The van der Waals surface area contributed by atoms with Gasteiger partial charge in [-0.1, -0.05) is 0 Å². The number of rotatable bonds is 9. The summed E-state index contributed by atoms with van der Waals surface area (Å²) in [6, 6.07) is 0.851. The molecule has 206 valence electrons. The molecule has 2 fully saturated rings. The first-order chi connectivity index (χ1) is 16.6. The molecule has 0 aliphatic carbocycles. The second-order valence-electron chi connectivity index (χ2n) is 13.3. The third kappa shape index (κ3) is 7.19. The molecule has 0 atom stereocenters. The third-order valence-electron chi connectivity index (χ3n) is 7.33. The van der Waals surface area contributed by atoms with E-state index in [9.17, 15) is 5.11 Å². The SMILES string of the molecule is CCN(c1nc(OCCO)nc(N(CC)C2CC(C)(C)NC(C)(C)C2)n1)C1CC(C)(C)NC(C)(C)C1. The van der Waals surface area contributed by atoms with Crippen LogP contribution in [0.5, 0.6) is 6.01 Å². The summed E-state index contributed by atoms with van der Waals surface area (Å²) in [4.78, 5) is 19.2. The molecule has 2 saturated heterocycles. The average Bonchev–Trinajstić information content (AvgIpc) is 2.69. The zero-order valence-electron chi connectivity index (χ0n) is 24.4. The Morgan fingerprint density at radius 3 is 1.39 bits per heavy atom. The number of nitrogens with zero attached hydrogens (tertiary/aromatic N) is 5. The van der Waals surface area contributed by atoms with E-state index in [1.807, 2.05) is 0 Å². The van der Waals surface area contributed by atoms with Crippen LogP contribution >= 0.6 is 0 Å². The molecule has 0 radical (unpaired) electrons. The molecule has 0 spiro atoms. The summed E-state index contributed by atoms with van der Waals surface area (Å²) < 4.78 is 5.77. The molecule has 0 bridgehead atoms. The van der Waals surface area contributed by atoms with Crippen LogP contribution in [0.4, 0.5) is 11.9 Å². The smallest absolute Gasteiger partial charge is 0.323 e. The summed E-state index contributed by atoms with van der Waals surface area (Å²) in [6.45, 7) is 24.1. The van der Waals surface area contributed by atoms with Gasteiger partial charge in [-0.05, 0) is 94.9 Å². The molecule has 0 unspecified atom stereocenters. The Balaban J connectivity index is 2.01. The molecule has 0 amide bonds. The quantitative estimate of drug-likeness (QED) is 0.466. The van der Waals surface area contributed by atoms with Gasteiger partial charge in [-0.3, -0.25) is 0 Å². The molecule has 36 heavy (non-hydrogen) atoms. The Labute approximate surface area is 218 Å². The molecule has 2 aliphatic rings. The van der Waals surface area contributed by atoms with Crippen molar-refractivity contribution in [2.45, 2.75) is 129 Å². The van der Waals surface area contributed by atoms with Crippen molar-refractivity contribution < 1.29 is 9.84 Å². The minimum absolute atomic E-state index is 0.00757. The molecule has 3 rings (SSSR count). The van der Waals surface area contributed by atoms with Crippen LogP contribution in [0, 0.1) is 0 Å². The fourth-order valence-corrected chi connectivity index (χ4v) is 6.90. The normalized spacial score (nSPS) is 23.3. The highest BCUT2D eigenvalue weighted by atomic mass is 16.5. The molecule has 2 aliphatic heterocycles. The highest BCUT2D eigenvalue weighted by molar-refractivity contribution is 5.43. The summed E-state index contributed by atoms with van der Waals surface area (Å²) in [5, 5.41) is 16.9. The summed E-state index contributed by atoms with van der Waals surface area (Å²) >= 11 is 0. The van der Waals surface area contributed by atoms with E-state index in [4.69, 9.17) is 19.7 Å². The fourth-order valence-electron chi connectivity index (χ4n) is 6.90. The molecule has 1 aromatic heterocycles. The second-order valence-corrected chi connectivity index (χ2v) is 13.3. The van der Waals surface area contributed by atoms with Crippen molar-refractivity contribution in [2.75, 3.05) is 36.1 Å². The predicted octanol–water partition coefficient (Wildman–Crippen LogP) is 3.51. The van der Waals surface area contributed by atoms with Gasteiger partial charge in [0.1, 0.15) is 6.61 Å². The van der Waals surface area contributed by atoms with E-state index in [0.717, 1.165) is 38.8 Å². The largest absolute Gasteiger partial charge is 0.461 e. The van der Waals surface area contributed by atoms with Gasteiger partial charge in [-0.25, -0.2) is 0 Å². The lowest BCUT2D eigenvalue weighted by Gasteiger charge is -2.50. The molecule has 9 heteroatoms. The Kier molecular flexibility index (Phi) is 8.48. The third-order valence-corrected chi connectivity index (χ3v) is 7.33. The van der Waals surface area contributed by atoms with Gasteiger partial charge in [-0.2, -0.15) is 15.0 Å². The molecule has 0 aromatic carbocycles. The van der Waals surface area contributed by atoms with Crippen LogP contribution in [-0.2, 0) is 0 Å². The van der Waals surface area contributed by atoms with Gasteiger partial charge in [0.05, 0.1) is 6.61 Å². The Bertz CT molecular complexity index is 791. The minimum Gasteiger partial charge on any atom is -0.461 e. The first-order valence-electron chi connectivity index (χ1n) is 13.7. The number of ether oxygens (including phenoxy) is 1. The van der Waals surface area contributed by atoms with Crippen molar-refractivity contribution in [2.24, 2.45) is 0 Å². The van der Waals surface area contributed by atoms with Crippen molar-refractivity contribution in [3.8, 4) is 6.01 Å². The lowest BCUT2D eigenvalue weighted by atomic mass is 9.79. The predicted molar refractivity (Wildman–Crippen MR) is 147 cm³/mol. The molecular weight excluding hydrogens is 454 g/mol. The van der Waals surface area contributed by atoms with Crippen molar-refractivity contribution >= 4 is 11.9 Å². The van der Waals surface area contributed by atoms with Crippen molar-refractivity contribution in [1.29, 1.82) is 0 Å². The summed E-state index contributed by atoms with van der Waals surface area (Å²) in [5.74, 6) is 1.31. The minimum atomic E-state index is -0.0846. The average molecular weight is 506 g/mol. The fraction of sp³-hybridized carbons (Fsp3) is 0.889. The van der Waals surface area contributed by atoms with Crippen molar-refractivity contribution in [3.63, 3.8) is 0 Å². The van der Waals surface area contributed by atoms with Crippen LogP contribution in [-0.4, -0.2) is 80.6 Å². The Morgan fingerprint density at radius 1 is 0.722 bits per heavy atom. The molecular formula is C27H51N7O2. The number of aliphatic hydroxyl groups is 1. The summed E-state index contributed by atoms with van der Waals surface area (Å²) in [6.07, 6.45) is 3.97. The Morgan fingerprint density at radius 2 is 1.08 bits per heavy atom. The number of hydrogen-bond donors (Lipinski definition) is 3. The number of anilines is 2. The van der Waals surface area contributed by atoms with Gasteiger partial charge in [0.25, 0.3) is 0 Å². The maximum atomic E-state index is 9.38. The first-order valence-corrected chi connectivity index (χ1v) is 13.7. The highest BCUT2D eigenvalue weighted by Gasteiger charge is 2.42. The van der Waals surface area contributed by atoms with Crippen LogP contribution < -0.4 is 25.2 Å². The lowest BCUT2D eigenvalue weighted by molar-refractivity contribution is 0.157. The molecule has 9 nitrogen and oxygen atoms in total. The molecule has 3 heterocycles. The second kappa shape index (κ2) is 10.6. The van der Waals surface area contributed by atoms with Crippen LogP contribution in [0.3, 0.4) is 0 Å². The number of piperidine rings is 2. The van der Waals surface area contributed by atoms with E-state index in [2.05, 4.69) is 89.7 Å². The van der Waals surface area contributed by atoms with E-state index >= 15 is 0 Å². The lowest BCUT2D eigenvalue weighted by Crippen LogP contribution is -2.62. The van der Waals surface area contributed by atoms with Crippen LogP contribution in [0.15, 0.2) is 0 Å². The standard InChI is InChI=1S/C27H51N7O2/c1-11-33(19-15-24(3,4)31-25(5,6)16-19)21-28-22(30-23(29-21)36-14-13-35)34(12-2)20-17-26(7,8)32-27(9,10)18-20/h19-20,31-32,35H,11-18H2,1-10H3. The van der Waals surface area contributed by atoms with Crippen LogP contribution in [0.1, 0.15) is 94.9 Å². The van der Waals surface area contributed by atoms with E-state index in [1.54, 1.807) is 0 Å². The molecule has 0 saturated carbocycles. The number of aromatic nitrogens is 3. The number of nitrogens with one attached hydrogen (secondary N) is 2. The monoisotopic (exact) mass is 505 g/mol. The maximum absolute atomic E-state index is 9.38. The number of hydrogen-bond acceptors (Lipinski definition) is 9. The van der Waals surface area contributed by atoms with Gasteiger partial charge in [0, 0.05) is 47.3 Å². The topological polar surface area (TPSA) is 98.7 Å². The number of aliphatic hydroxyl groups excluding tert-OH is 1. The summed E-state index contributed by atoms with van der Waals surface area (Å²) in [5.41, 5.74) is 0.0303.